The number of benzene rings is 1. The second-order valence-electron chi connectivity index (χ2n) is 6.73. The fourth-order valence-corrected chi connectivity index (χ4v) is 3.60. The summed E-state index contributed by atoms with van der Waals surface area (Å²) in [4.78, 5) is 37.1. The van der Waals surface area contributed by atoms with Crippen LogP contribution in [0.2, 0.25) is 0 Å². The molecule has 0 spiro atoms. The fraction of sp³-hybridized carbons (Fsp3) is 0.500. The molecule has 0 bridgehead atoms. The van der Waals surface area contributed by atoms with Crippen molar-refractivity contribution >= 4 is 29.1 Å². The van der Waals surface area contributed by atoms with Crippen molar-refractivity contribution in [3.63, 3.8) is 0 Å². The lowest BCUT2D eigenvalue weighted by atomic mass is 10.00. The number of carbonyl (C=O) groups excluding carboxylic acids is 3. The van der Waals surface area contributed by atoms with E-state index < -0.39 is 0 Å². The third-order valence-corrected chi connectivity index (χ3v) is 4.94. The summed E-state index contributed by atoms with van der Waals surface area (Å²) in [5, 5.41) is 2.89. The van der Waals surface area contributed by atoms with Crippen LogP contribution in [-0.4, -0.2) is 23.8 Å². The Hall–Kier alpha value is -2.21. The molecule has 0 unspecified atom stereocenters. The first-order valence-corrected chi connectivity index (χ1v) is 8.47. The van der Waals surface area contributed by atoms with Gasteiger partial charge in [0.05, 0.1) is 5.69 Å². The third-order valence-electron chi connectivity index (χ3n) is 4.94. The number of hydrogen-bond donors (Lipinski definition) is 2. The number of imide groups is 1. The monoisotopic (exact) mass is 329 g/mol. The Balaban J connectivity index is 1.67. The lowest BCUT2D eigenvalue weighted by Crippen LogP contribution is -2.29. The predicted molar refractivity (Wildman–Crippen MR) is 91.5 cm³/mol. The Labute approximate surface area is 141 Å². The van der Waals surface area contributed by atoms with Gasteiger partial charge in [-0.2, -0.15) is 0 Å². The second kappa shape index (κ2) is 6.73. The highest BCUT2D eigenvalue weighted by Gasteiger charge is 2.31. The van der Waals surface area contributed by atoms with Crippen molar-refractivity contribution in [3.05, 3.63) is 23.8 Å². The fourth-order valence-electron chi connectivity index (χ4n) is 3.60. The third kappa shape index (κ3) is 3.33. The molecule has 0 radical (unpaired) electrons. The summed E-state index contributed by atoms with van der Waals surface area (Å²) >= 11 is 0. The summed E-state index contributed by atoms with van der Waals surface area (Å²) in [7, 11) is 0. The van der Waals surface area contributed by atoms with E-state index in [0.29, 0.717) is 17.8 Å². The molecule has 3 rings (SSSR count). The Morgan fingerprint density at radius 1 is 1.25 bits per heavy atom. The van der Waals surface area contributed by atoms with Gasteiger partial charge in [0.15, 0.2) is 0 Å². The van der Waals surface area contributed by atoms with Crippen molar-refractivity contribution in [2.45, 2.75) is 51.5 Å². The molecule has 3 amide bonds. The standard InChI is InChI=1S/C18H23N3O3/c1-11-9-13(20-16(22)10-12-3-2-4-14(12)19)5-6-15(11)21-17(23)7-8-18(21)24/h5-6,9,12,14H,2-4,7-8,10,19H2,1H3,(H,20,22)/t12-,14+/m0/s1. The molecule has 3 N–H and O–H groups in total. The molecule has 1 aliphatic heterocycles. The first-order valence-electron chi connectivity index (χ1n) is 8.47. The number of hydrogen-bond acceptors (Lipinski definition) is 4. The molecule has 2 fully saturated rings. The van der Waals surface area contributed by atoms with Crippen LogP contribution < -0.4 is 16.0 Å². The molecule has 6 heteroatoms. The number of amides is 3. The van der Waals surface area contributed by atoms with E-state index in [1.54, 1.807) is 18.2 Å². The second-order valence-corrected chi connectivity index (χ2v) is 6.73. The van der Waals surface area contributed by atoms with Crippen LogP contribution in [0.1, 0.15) is 44.1 Å². The molecule has 1 aromatic rings. The first-order chi connectivity index (χ1) is 11.5. The Morgan fingerprint density at radius 3 is 2.54 bits per heavy atom. The topological polar surface area (TPSA) is 92.5 Å². The molecule has 1 saturated heterocycles. The molecule has 1 aromatic carbocycles. The zero-order valence-electron chi connectivity index (χ0n) is 13.9. The lowest BCUT2D eigenvalue weighted by molar-refractivity contribution is -0.121. The number of aryl methyl sites for hydroxylation is 1. The summed E-state index contributed by atoms with van der Waals surface area (Å²) in [5.41, 5.74) is 8.07. The van der Waals surface area contributed by atoms with Gasteiger partial charge in [-0.3, -0.25) is 19.3 Å². The molecule has 1 aliphatic carbocycles. The molecule has 6 nitrogen and oxygen atoms in total. The van der Waals surface area contributed by atoms with E-state index in [1.807, 2.05) is 6.92 Å². The smallest absolute Gasteiger partial charge is 0.234 e. The van der Waals surface area contributed by atoms with Crippen LogP contribution in [0, 0.1) is 12.8 Å². The van der Waals surface area contributed by atoms with Gasteiger partial charge in [0.1, 0.15) is 0 Å². The average Bonchev–Trinajstić information content (AvgIpc) is 3.06. The SMILES string of the molecule is Cc1cc(NC(=O)C[C@@H]2CCC[C@H]2N)ccc1N1C(=O)CCC1=O. The first kappa shape index (κ1) is 16.6. The number of rotatable bonds is 4. The van der Waals surface area contributed by atoms with Crippen LogP contribution in [0.25, 0.3) is 0 Å². The van der Waals surface area contributed by atoms with E-state index in [9.17, 15) is 14.4 Å². The van der Waals surface area contributed by atoms with E-state index in [1.165, 1.54) is 4.90 Å². The van der Waals surface area contributed by atoms with Crippen molar-refractivity contribution < 1.29 is 14.4 Å². The number of nitrogens with two attached hydrogens (primary N) is 1. The minimum atomic E-state index is -0.171. The van der Waals surface area contributed by atoms with Crippen LogP contribution in [0.5, 0.6) is 0 Å². The van der Waals surface area contributed by atoms with Gasteiger partial charge in [0.2, 0.25) is 17.7 Å². The zero-order chi connectivity index (χ0) is 17.3. The number of anilines is 2. The van der Waals surface area contributed by atoms with Gasteiger partial charge in [-0.1, -0.05) is 6.42 Å². The quantitative estimate of drug-likeness (QED) is 0.827. The predicted octanol–water partition coefficient (Wildman–Crippen LogP) is 2.10. The van der Waals surface area contributed by atoms with Gasteiger partial charge < -0.3 is 11.1 Å². The van der Waals surface area contributed by atoms with Gasteiger partial charge in [-0.05, 0) is 49.4 Å². The van der Waals surface area contributed by atoms with Gasteiger partial charge in [0, 0.05) is 31.0 Å². The van der Waals surface area contributed by atoms with Crippen molar-refractivity contribution in [2.24, 2.45) is 11.7 Å². The molecular formula is C18H23N3O3. The summed E-state index contributed by atoms with van der Waals surface area (Å²) < 4.78 is 0. The van der Waals surface area contributed by atoms with E-state index >= 15 is 0 Å². The molecule has 1 saturated carbocycles. The molecule has 2 aliphatic rings. The van der Waals surface area contributed by atoms with E-state index in [2.05, 4.69) is 5.32 Å². The molecule has 2 atom stereocenters. The molecule has 128 valence electrons. The highest BCUT2D eigenvalue weighted by Crippen LogP contribution is 2.29. The largest absolute Gasteiger partial charge is 0.327 e. The highest BCUT2D eigenvalue weighted by atomic mass is 16.2. The maximum Gasteiger partial charge on any atom is 0.234 e. The normalized spacial score (nSPS) is 23.8. The van der Waals surface area contributed by atoms with Gasteiger partial charge >= 0.3 is 0 Å². The summed E-state index contributed by atoms with van der Waals surface area (Å²) in [6.45, 7) is 1.83. The van der Waals surface area contributed by atoms with Crippen LogP contribution in [-0.2, 0) is 14.4 Å². The Kier molecular flexibility index (Phi) is 4.66. The Morgan fingerprint density at radius 2 is 1.96 bits per heavy atom. The van der Waals surface area contributed by atoms with Crippen LogP contribution >= 0.6 is 0 Å². The Bertz CT molecular complexity index is 670. The average molecular weight is 329 g/mol. The summed E-state index contributed by atoms with van der Waals surface area (Å²) in [6, 6.07) is 5.36. The van der Waals surface area contributed by atoms with Gasteiger partial charge in [-0.15, -0.1) is 0 Å². The van der Waals surface area contributed by atoms with Crippen molar-refractivity contribution in [2.75, 3.05) is 10.2 Å². The number of nitrogens with zero attached hydrogens (tertiary/aromatic N) is 1. The van der Waals surface area contributed by atoms with Crippen molar-refractivity contribution in [1.29, 1.82) is 0 Å². The lowest BCUT2D eigenvalue weighted by Gasteiger charge is -2.18. The minimum Gasteiger partial charge on any atom is -0.327 e. The maximum absolute atomic E-state index is 12.2. The van der Waals surface area contributed by atoms with Crippen LogP contribution in [0.3, 0.4) is 0 Å². The van der Waals surface area contributed by atoms with E-state index in [0.717, 1.165) is 24.8 Å². The van der Waals surface area contributed by atoms with Crippen LogP contribution in [0.4, 0.5) is 11.4 Å². The molecule has 24 heavy (non-hydrogen) atoms. The van der Waals surface area contributed by atoms with Gasteiger partial charge in [-0.25, -0.2) is 0 Å². The molecule has 0 aromatic heterocycles. The molecule has 1 heterocycles. The minimum absolute atomic E-state index is 0.0437. The van der Waals surface area contributed by atoms with Crippen molar-refractivity contribution in [1.82, 2.24) is 0 Å². The summed E-state index contributed by atoms with van der Waals surface area (Å²) in [5.74, 6) is -0.131. The van der Waals surface area contributed by atoms with E-state index in [4.69, 9.17) is 5.73 Å². The number of carbonyl (C=O) groups is 3. The van der Waals surface area contributed by atoms with E-state index in [-0.39, 0.29) is 42.5 Å². The number of nitrogens with one attached hydrogen (secondary N) is 1. The van der Waals surface area contributed by atoms with Gasteiger partial charge in [0.25, 0.3) is 0 Å². The highest BCUT2D eigenvalue weighted by molar-refractivity contribution is 6.20. The summed E-state index contributed by atoms with van der Waals surface area (Å²) in [6.07, 6.45) is 4.04. The van der Waals surface area contributed by atoms with Crippen molar-refractivity contribution in [3.8, 4) is 0 Å². The molecular weight excluding hydrogens is 306 g/mol. The zero-order valence-corrected chi connectivity index (χ0v) is 13.9. The van der Waals surface area contributed by atoms with Crippen LogP contribution in [0.15, 0.2) is 18.2 Å². The maximum atomic E-state index is 12.2.